The Morgan fingerprint density at radius 1 is 0.938 bits per heavy atom. The lowest BCUT2D eigenvalue weighted by molar-refractivity contribution is -0.115. The van der Waals surface area contributed by atoms with E-state index in [1.54, 1.807) is 54.7 Å². The van der Waals surface area contributed by atoms with Crippen LogP contribution >= 0.6 is 11.3 Å². The third-order valence-electron chi connectivity index (χ3n) is 4.96. The summed E-state index contributed by atoms with van der Waals surface area (Å²) in [5.74, 6) is -1.00. The van der Waals surface area contributed by atoms with Crippen molar-refractivity contribution in [1.29, 1.82) is 0 Å². The monoisotopic (exact) mass is 440 g/mol. The van der Waals surface area contributed by atoms with Gasteiger partial charge in [-0.3, -0.25) is 19.4 Å². The van der Waals surface area contributed by atoms with E-state index >= 15 is 0 Å². The van der Waals surface area contributed by atoms with Crippen LogP contribution in [0.15, 0.2) is 78.3 Å². The van der Waals surface area contributed by atoms with Gasteiger partial charge >= 0.3 is 0 Å². The predicted octanol–water partition coefficient (Wildman–Crippen LogP) is 4.19. The number of amides is 3. The molecule has 0 saturated heterocycles. The number of anilines is 2. The number of hydrogen-bond acceptors (Lipinski definition) is 6. The summed E-state index contributed by atoms with van der Waals surface area (Å²) >= 11 is 1.43. The number of benzene rings is 2. The molecule has 1 aliphatic heterocycles. The van der Waals surface area contributed by atoms with Gasteiger partial charge in [-0.2, -0.15) is 0 Å². The summed E-state index contributed by atoms with van der Waals surface area (Å²) in [5.41, 5.74) is 3.05. The summed E-state index contributed by atoms with van der Waals surface area (Å²) in [4.78, 5) is 47.9. The van der Waals surface area contributed by atoms with Crippen molar-refractivity contribution in [3.63, 3.8) is 0 Å². The Bertz CT molecular complexity index is 1320. The van der Waals surface area contributed by atoms with E-state index in [1.807, 2.05) is 23.6 Å². The van der Waals surface area contributed by atoms with Gasteiger partial charge in [0.1, 0.15) is 5.01 Å². The number of carbonyl (C=O) groups excluding carboxylic acids is 3. The van der Waals surface area contributed by atoms with E-state index in [1.165, 1.54) is 11.3 Å². The summed E-state index contributed by atoms with van der Waals surface area (Å²) in [6.07, 6.45) is 1.80. The topological polar surface area (TPSA) is 92.3 Å². The van der Waals surface area contributed by atoms with Crippen molar-refractivity contribution >= 4 is 40.4 Å². The van der Waals surface area contributed by atoms with Gasteiger partial charge in [0, 0.05) is 17.3 Å². The predicted molar refractivity (Wildman–Crippen MR) is 122 cm³/mol. The second kappa shape index (κ2) is 8.16. The fourth-order valence-corrected chi connectivity index (χ4v) is 4.31. The van der Waals surface area contributed by atoms with E-state index in [4.69, 9.17) is 0 Å². The van der Waals surface area contributed by atoms with E-state index < -0.39 is 0 Å². The first-order valence-corrected chi connectivity index (χ1v) is 10.7. The Balaban J connectivity index is 1.30. The van der Waals surface area contributed by atoms with Crippen LogP contribution in [0.5, 0.6) is 0 Å². The zero-order valence-electron chi connectivity index (χ0n) is 16.7. The number of imide groups is 1. The Morgan fingerprint density at radius 2 is 1.69 bits per heavy atom. The van der Waals surface area contributed by atoms with Crippen LogP contribution in [-0.4, -0.2) is 27.7 Å². The smallest absolute Gasteiger partial charge is 0.266 e. The first kappa shape index (κ1) is 19.8. The van der Waals surface area contributed by atoms with Crippen molar-refractivity contribution in [2.45, 2.75) is 6.42 Å². The third kappa shape index (κ3) is 3.67. The lowest BCUT2D eigenvalue weighted by Crippen LogP contribution is -2.29. The molecule has 1 aliphatic rings. The molecule has 8 heteroatoms. The highest BCUT2D eigenvalue weighted by atomic mass is 32.1. The molecule has 0 fully saturated rings. The Kier molecular flexibility index (Phi) is 5.04. The fraction of sp³-hybridized carbons (Fsp3) is 0.0417. The van der Waals surface area contributed by atoms with Gasteiger partial charge in [0.15, 0.2) is 0 Å². The zero-order chi connectivity index (χ0) is 22.1. The van der Waals surface area contributed by atoms with Crippen LogP contribution < -0.4 is 10.2 Å². The van der Waals surface area contributed by atoms with Gasteiger partial charge in [0.25, 0.3) is 11.8 Å². The average molecular weight is 440 g/mol. The number of aromatic nitrogens is 2. The molecule has 0 saturated carbocycles. The molecule has 3 heterocycles. The normalized spacial score (nSPS) is 12.7. The minimum atomic E-state index is -0.376. The Hall–Kier alpha value is -4.17. The summed E-state index contributed by atoms with van der Waals surface area (Å²) in [6.45, 7) is 0. The number of pyridine rings is 1. The molecular formula is C24H16N4O3S. The molecule has 4 aromatic rings. The standard InChI is InChI=1S/C24H16N4O3S/c29-21(13-16-14-32-22(27-16)20-10-3-4-11-25-20)26-15-6-5-7-17(12-15)28-23(30)18-8-1-2-9-19(18)24(28)31/h1-12,14H,13H2,(H,26,29). The first-order chi connectivity index (χ1) is 15.6. The van der Waals surface area contributed by atoms with E-state index in [2.05, 4.69) is 15.3 Å². The molecule has 7 nitrogen and oxygen atoms in total. The van der Waals surface area contributed by atoms with Crippen LogP contribution in [0.25, 0.3) is 10.7 Å². The van der Waals surface area contributed by atoms with Gasteiger partial charge in [-0.15, -0.1) is 11.3 Å². The molecule has 1 N–H and O–H groups in total. The second-order valence-electron chi connectivity index (χ2n) is 7.13. The number of nitrogens with one attached hydrogen (secondary N) is 1. The molecule has 0 spiro atoms. The Morgan fingerprint density at radius 3 is 2.41 bits per heavy atom. The maximum atomic E-state index is 12.7. The number of nitrogens with zero attached hydrogens (tertiary/aromatic N) is 3. The van der Waals surface area contributed by atoms with Gasteiger partial charge in [0.2, 0.25) is 5.91 Å². The van der Waals surface area contributed by atoms with Crippen molar-refractivity contribution in [1.82, 2.24) is 9.97 Å². The summed E-state index contributed by atoms with van der Waals surface area (Å²) in [7, 11) is 0. The van der Waals surface area contributed by atoms with E-state index in [9.17, 15) is 14.4 Å². The molecule has 32 heavy (non-hydrogen) atoms. The largest absolute Gasteiger partial charge is 0.326 e. The number of rotatable bonds is 5. The van der Waals surface area contributed by atoms with Crippen molar-refractivity contribution in [2.24, 2.45) is 0 Å². The maximum Gasteiger partial charge on any atom is 0.266 e. The van der Waals surface area contributed by atoms with Crippen molar-refractivity contribution in [3.8, 4) is 10.7 Å². The van der Waals surface area contributed by atoms with Crippen molar-refractivity contribution in [3.05, 3.63) is 95.1 Å². The molecule has 156 valence electrons. The molecular weight excluding hydrogens is 424 g/mol. The number of thiazole rings is 1. The van der Waals surface area contributed by atoms with Crippen LogP contribution in [0.2, 0.25) is 0 Å². The average Bonchev–Trinajstić information content (AvgIpc) is 3.37. The molecule has 0 atom stereocenters. The molecule has 0 aliphatic carbocycles. The lowest BCUT2D eigenvalue weighted by Gasteiger charge is -2.15. The molecule has 2 aromatic heterocycles. The first-order valence-electron chi connectivity index (χ1n) is 9.84. The van der Waals surface area contributed by atoms with Crippen molar-refractivity contribution < 1.29 is 14.4 Å². The van der Waals surface area contributed by atoms with Crippen LogP contribution in [0.1, 0.15) is 26.4 Å². The summed E-state index contributed by atoms with van der Waals surface area (Å²) in [5, 5.41) is 5.40. The summed E-state index contributed by atoms with van der Waals surface area (Å²) < 4.78 is 0. The maximum absolute atomic E-state index is 12.7. The number of carbonyl (C=O) groups is 3. The minimum absolute atomic E-state index is 0.0978. The number of hydrogen-bond donors (Lipinski definition) is 1. The van der Waals surface area contributed by atoms with Crippen LogP contribution in [0, 0.1) is 0 Å². The van der Waals surface area contributed by atoms with Gasteiger partial charge in [0.05, 0.1) is 34.6 Å². The van der Waals surface area contributed by atoms with Crippen LogP contribution in [0.3, 0.4) is 0 Å². The molecule has 2 aromatic carbocycles. The quantitative estimate of drug-likeness (QED) is 0.470. The molecule has 3 amide bonds. The number of fused-ring (bicyclic) bond motifs is 1. The highest BCUT2D eigenvalue weighted by molar-refractivity contribution is 7.13. The van der Waals surface area contributed by atoms with Gasteiger partial charge in [-0.05, 0) is 42.5 Å². The Labute approximate surface area is 187 Å². The van der Waals surface area contributed by atoms with Crippen LogP contribution in [-0.2, 0) is 11.2 Å². The third-order valence-corrected chi connectivity index (χ3v) is 5.87. The summed E-state index contributed by atoms with van der Waals surface area (Å²) in [6, 6.07) is 19.0. The fourth-order valence-electron chi connectivity index (χ4n) is 3.51. The molecule has 0 unspecified atom stereocenters. The van der Waals surface area contributed by atoms with Gasteiger partial charge < -0.3 is 5.32 Å². The van der Waals surface area contributed by atoms with E-state index in [-0.39, 0.29) is 24.1 Å². The second-order valence-corrected chi connectivity index (χ2v) is 7.98. The molecule has 5 rings (SSSR count). The molecule has 0 bridgehead atoms. The van der Waals surface area contributed by atoms with Gasteiger partial charge in [-0.1, -0.05) is 24.3 Å². The van der Waals surface area contributed by atoms with E-state index in [0.29, 0.717) is 28.2 Å². The minimum Gasteiger partial charge on any atom is -0.326 e. The lowest BCUT2D eigenvalue weighted by atomic mass is 10.1. The molecule has 0 radical (unpaired) electrons. The highest BCUT2D eigenvalue weighted by Crippen LogP contribution is 2.30. The SMILES string of the molecule is O=C(Cc1csc(-c2ccccn2)n1)Nc1cccc(N2C(=O)c3ccccc3C2=O)c1. The van der Waals surface area contributed by atoms with Gasteiger partial charge in [-0.25, -0.2) is 9.88 Å². The zero-order valence-corrected chi connectivity index (χ0v) is 17.5. The highest BCUT2D eigenvalue weighted by Gasteiger charge is 2.36. The van der Waals surface area contributed by atoms with Crippen LogP contribution in [0.4, 0.5) is 11.4 Å². The van der Waals surface area contributed by atoms with Crippen molar-refractivity contribution in [2.75, 3.05) is 10.2 Å². The van der Waals surface area contributed by atoms with E-state index in [0.717, 1.165) is 15.6 Å².